The highest BCUT2D eigenvalue weighted by Crippen LogP contribution is 2.46. The predicted octanol–water partition coefficient (Wildman–Crippen LogP) is 4.17. The lowest BCUT2D eigenvalue weighted by Gasteiger charge is -2.19. The average Bonchev–Trinajstić information content (AvgIpc) is 2.74. The number of ketones is 1. The molecule has 1 aromatic rings. The zero-order chi connectivity index (χ0) is 23.5. The fourth-order valence-corrected chi connectivity index (χ4v) is 3.33. The molecule has 0 fully saturated rings. The zero-order valence-corrected chi connectivity index (χ0v) is 20.0. The molecule has 0 bridgehead atoms. The van der Waals surface area contributed by atoms with Crippen molar-refractivity contribution in [2.75, 3.05) is 34.1 Å². The van der Waals surface area contributed by atoms with Crippen molar-refractivity contribution >= 4 is 19.3 Å². The van der Waals surface area contributed by atoms with E-state index in [1.54, 1.807) is 52.2 Å². The molecule has 0 unspecified atom stereocenters. The first-order chi connectivity index (χ1) is 14.5. The van der Waals surface area contributed by atoms with E-state index in [2.05, 4.69) is 0 Å². The van der Waals surface area contributed by atoms with Crippen molar-refractivity contribution < 1.29 is 37.4 Å². The lowest BCUT2D eigenvalue weighted by molar-refractivity contribution is -0.151. The molecule has 0 saturated carbocycles. The zero-order valence-electron chi connectivity index (χ0n) is 19.1. The van der Waals surface area contributed by atoms with Gasteiger partial charge in [-0.15, -0.1) is 0 Å². The molecule has 9 heteroatoms. The summed E-state index contributed by atoms with van der Waals surface area (Å²) in [6.45, 7) is 5.57. The summed E-state index contributed by atoms with van der Waals surface area (Å²) in [6, 6.07) is 7.25. The van der Waals surface area contributed by atoms with E-state index < -0.39 is 31.1 Å². The molecule has 31 heavy (non-hydrogen) atoms. The van der Waals surface area contributed by atoms with Crippen LogP contribution in [0.4, 0.5) is 0 Å². The van der Waals surface area contributed by atoms with E-state index in [0.29, 0.717) is 5.75 Å². The van der Waals surface area contributed by atoms with Crippen molar-refractivity contribution in [3.63, 3.8) is 0 Å². The van der Waals surface area contributed by atoms with Gasteiger partial charge >= 0.3 is 13.6 Å². The van der Waals surface area contributed by atoms with E-state index in [1.165, 1.54) is 14.2 Å². The topological polar surface area (TPSA) is 97.4 Å². The van der Waals surface area contributed by atoms with E-state index in [-0.39, 0.29) is 25.6 Å². The molecule has 0 aliphatic carbocycles. The molecule has 1 atom stereocenters. The Labute approximate surface area is 184 Å². The maximum atomic E-state index is 12.7. The second kappa shape index (κ2) is 12.8. The molecule has 0 amide bonds. The summed E-state index contributed by atoms with van der Waals surface area (Å²) in [5.41, 5.74) is 0.262. The lowest BCUT2D eigenvalue weighted by atomic mass is 9.97. The Bertz CT molecular complexity index is 772. The first-order valence-corrected chi connectivity index (χ1v) is 11.6. The molecule has 1 aromatic carbocycles. The molecule has 0 aromatic heterocycles. The fraction of sp³-hybridized carbons (Fsp3) is 0.545. The molecule has 1 rings (SSSR count). The Morgan fingerprint density at radius 2 is 1.65 bits per heavy atom. The molecule has 0 aliphatic rings. The van der Waals surface area contributed by atoms with Crippen molar-refractivity contribution in [2.24, 2.45) is 5.41 Å². The normalized spacial score (nSPS) is 13.2. The first-order valence-electron chi connectivity index (χ1n) is 9.84. The Balaban J connectivity index is 2.76. The number of hydrogen-bond donors (Lipinski definition) is 0. The van der Waals surface area contributed by atoms with Crippen molar-refractivity contribution in [3.8, 4) is 5.75 Å². The smallest absolute Gasteiger partial charge is 0.337 e. The van der Waals surface area contributed by atoms with Gasteiger partial charge in [0.1, 0.15) is 24.6 Å². The highest BCUT2D eigenvalue weighted by Gasteiger charge is 2.30. The molecule has 0 heterocycles. The van der Waals surface area contributed by atoms with Gasteiger partial charge in [0.2, 0.25) is 0 Å². The van der Waals surface area contributed by atoms with E-state index in [0.717, 1.165) is 5.56 Å². The quantitative estimate of drug-likeness (QED) is 0.248. The van der Waals surface area contributed by atoms with Gasteiger partial charge in [0, 0.05) is 14.2 Å². The molecular formula is C22H33O8P. The summed E-state index contributed by atoms with van der Waals surface area (Å²) < 4.78 is 38.2. The van der Waals surface area contributed by atoms with Gasteiger partial charge in [0.05, 0.1) is 19.1 Å². The van der Waals surface area contributed by atoms with Crippen LogP contribution in [0.1, 0.15) is 32.8 Å². The molecule has 0 saturated heterocycles. The third-order valence-corrected chi connectivity index (χ3v) is 6.13. The van der Waals surface area contributed by atoms with Crippen LogP contribution in [0.5, 0.6) is 5.75 Å². The van der Waals surface area contributed by atoms with Crippen LogP contribution in [-0.2, 0) is 39.3 Å². The third kappa shape index (κ3) is 9.78. The summed E-state index contributed by atoms with van der Waals surface area (Å²) in [5.74, 6) is -0.0104. The van der Waals surface area contributed by atoms with Gasteiger partial charge in [-0.1, -0.05) is 24.3 Å². The van der Waals surface area contributed by atoms with Crippen molar-refractivity contribution in [1.29, 1.82) is 0 Å². The maximum absolute atomic E-state index is 12.7. The number of rotatable bonds is 13. The highest BCUT2D eigenvalue weighted by atomic mass is 31.2. The first kappa shape index (κ1) is 27.0. The largest absolute Gasteiger partial charge is 0.497 e. The van der Waals surface area contributed by atoms with Crippen molar-refractivity contribution in [3.05, 3.63) is 42.0 Å². The minimum atomic E-state index is -3.51. The summed E-state index contributed by atoms with van der Waals surface area (Å²) in [4.78, 5) is 24.5. The van der Waals surface area contributed by atoms with Crippen LogP contribution in [0, 0.1) is 5.41 Å². The summed E-state index contributed by atoms with van der Waals surface area (Å²) in [6.07, 6.45) is 2.29. The SMILES string of the molecule is COc1ccc(CO[C@@H](C/C=C/COC(=O)C(C)(C)C)C(=O)CP(=O)(OC)OC)cc1. The standard InChI is InChI=1S/C22H33O8P/c1-22(2,3)21(24)29-14-8-7-9-20(19(23)16-31(25,27-5)28-6)30-15-17-10-12-18(26-4)13-11-17/h7-8,10-13,20H,9,14-16H2,1-6H3/b8-7+/t20-/m0/s1. The van der Waals surface area contributed by atoms with Gasteiger partial charge in [-0.05, 0) is 44.9 Å². The van der Waals surface area contributed by atoms with E-state index in [9.17, 15) is 14.2 Å². The number of ether oxygens (including phenoxy) is 3. The lowest BCUT2D eigenvalue weighted by Crippen LogP contribution is -2.27. The Kier molecular flexibility index (Phi) is 11.1. The number of esters is 1. The predicted molar refractivity (Wildman–Crippen MR) is 117 cm³/mol. The van der Waals surface area contributed by atoms with Crippen molar-refractivity contribution in [1.82, 2.24) is 0 Å². The van der Waals surface area contributed by atoms with Gasteiger partial charge in [-0.3, -0.25) is 14.2 Å². The van der Waals surface area contributed by atoms with Crippen LogP contribution in [0.25, 0.3) is 0 Å². The minimum Gasteiger partial charge on any atom is -0.497 e. The monoisotopic (exact) mass is 456 g/mol. The molecule has 0 spiro atoms. The van der Waals surface area contributed by atoms with E-state index in [1.807, 2.05) is 12.1 Å². The van der Waals surface area contributed by atoms with E-state index in [4.69, 9.17) is 23.3 Å². The number of Topliss-reactive ketones (excluding diaryl/α,β-unsaturated/α-hetero) is 1. The number of benzene rings is 1. The second-order valence-corrected chi connectivity index (χ2v) is 10.1. The third-order valence-electron chi connectivity index (χ3n) is 4.32. The van der Waals surface area contributed by atoms with Crippen LogP contribution < -0.4 is 4.74 Å². The molecule has 0 aliphatic heterocycles. The fourth-order valence-electron chi connectivity index (χ4n) is 2.34. The number of carbonyl (C=O) groups is 2. The molecule has 0 N–H and O–H groups in total. The van der Waals surface area contributed by atoms with Gasteiger partial charge in [0.15, 0.2) is 5.78 Å². The van der Waals surface area contributed by atoms with Crippen LogP contribution in [0.15, 0.2) is 36.4 Å². The van der Waals surface area contributed by atoms with Crippen LogP contribution in [0.2, 0.25) is 0 Å². The Morgan fingerprint density at radius 3 is 2.16 bits per heavy atom. The van der Waals surface area contributed by atoms with Crippen molar-refractivity contribution in [2.45, 2.75) is 39.9 Å². The average molecular weight is 456 g/mol. The number of methoxy groups -OCH3 is 1. The van der Waals surface area contributed by atoms with Gasteiger partial charge in [-0.25, -0.2) is 0 Å². The van der Waals surface area contributed by atoms with Crippen LogP contribution in [0.3, 0.4) is 0 Å². The molecule has 8 nitrogen and oxygen atoms in total. The van der Waals surface area contributed by atoms with Crippen LogP contribution >= 0.6 is 7.60 Å². The number of hydrogen-bond acceptors (Lipinski definition) is 8. The molecular weight excluding hydrogens is 423 g/mol. The van der Waals surface area contributed by atoms with E-state index >= 15 is 0 Å². The second-order valence-electron chi connectivity index (χ2n) is 7.80. The highest BCUT2D eigenvalue weighted by molar-refractivity contribution is 7.54. The molecule has 174 valence electrons. The maximum Gasteiger partial charge on any atom is 0.337 e. The minimum absolute atomic E-state index is 0.0874. The Hall–Kier alpha value is -1.99. The summed E-state index contributed by atoms with van der Waals surface area (Å²) in [5, 5.41) is 0. The Morgan fingerprint density at radius 1 is 1.03 bits per heavy atom. The van der Waals surface area contributed by atoms with Gasteiger partial charge in [0.25, 0.3) is 0 Å². The van der Waals surface area contributed by atoms with Crippen LogP contribution in [-0.4, -0.2) is 52.0 Å². The summed E-state index contributed by atoms with van der Waals surface area (Å²) in [7, 11) is 0.526. The van der Waals surface area contributed by atoms with Gasteiger partial charge in [-0.2, -0.15) is 0 Å². The summed E-state index contributed by atoms with van der Waals surface area (Å²) >= 11 is 0. The number of carbonyl (C=O) groups excluding carboxylic acids is 2. The van der Waals surface area contributed by atoms with Gasteiger partial charge < -0.3 is 23.3 Å². The molecule has 0 radical (unpaired) electrons.